The summed E-state index contributed by atoms with van der Waals surface area (Å²) in [4.78, 5) is 12.0. The standard InChI is InChI=1S/C13H23NO2/c1-13(2,3)16-12(15)10-6-7-14-11(8-10)9-4-5-9/h9-11,14H,4-8H2,1-3H3. The minimum atomic E-state index is -0.350. The smallest absolute Gasteiger partial charge is 0.309 e. The van der Waals surface area contributed by atoms with E-state index in [4.69, 9.17) is 4.74 Å². The third kappa shape index (κ3) is 3.21. The molecule has 0 bridgehead atoms. The SMILES string of the molecule is CC(C)(C)OC(=O)C1CCNC(C2CC2)C1. The van der Waals surface area contributed by atoms with Gasteiger partial charge in [-0.25, -0.2) is 0 Å². The number of hydrogen-bond acceptors (Lipinski definition) is 3. The average molecular weight is 225 g/mol. The van der Waals surface area contributed by atoms with E-state index < -0.39 is 0 Å². The molecule has 92 valence electrons. The summed E-state index contributed by atoms with van der Waals surface area (Å²) in [6.07, 6.45) is 4.56. The summed E-state index contributed by atoms with van der Waals surface area (Å²) < 4.78 is 5.46. The number of piperidine rings is 1. The van der Waals surface area contributed by atoms with Crippen LogP contribution in [0.5, 0.6) is 0 Å². The lowest BCUT2D eigenvalue weighted by Gasteiger charge is -2.31. The first-order valence-electron chi connectivity index (χ1n) is 6.42. The van der Waals surface area contributed by atoms with Gasteiger partial charge in [0.15, 0.2) is 0 Å². The third-order valence-corrected chi connectivity index (χ3v) is 3.37. The molecule has 1 aliphatic carbocycles. The molecule has 1 N–H and O–H groups in total. The molecule has 2 unspecified atom stereocenters. The molecular weight excluding hydrogens is 202 g/mol. The summed E-state index contributed by atoms with van der Waals surface area (Å²) in [5.41, 5.74) is -0.350. The van der Waals surface area contributed by atoms with Crippen LogP contribution in [0.2, 0.25) is 0 Å². The summed E-state index contributed by atoms with van der Waals surface area (Å²) in [6.45, 7) is 6.77. The first-order valence-corrected chi connectivity index (χ1v) is 6.42. The van der Waals surface area contributed by atoms with E-state index in [0.29, 0.717) is 6.04 Å². The van der Waals surface area contributed by atoms with Gasteiger partial charge in [-0.1, -0.05) is 0 Å². The van der Waals surface area contributed by atoms with E-state index in [9.17, 15) is 4.79 Å². The topological polar surface area (TPSA) is 38.3 Å². The number of nitrogens with one attached hydrogen (secondary N) is 1. The van der Waals surface area contributed by atoms with Gasteiger partial charge in [0, 0.05) is 6.04 Å². The maximum Gasteiger partial charge on any atom is 0.309 e. The molecule has 0 aromatic rings. The summed E-state index contributed by atoms with van der Waals surface area (Å²) in [6, 6.07) is 0.561. The number of carbonyl (C=O) groups excluding carboxylic acids is 1. The molecule has 1 aliphatic heterocycles. The maximum absolute atomic E-state index is 12.0. The summed E-state index contributed by atoms with van der Waals surface area (Å²) in [5.74, 6) is 0.941. The van der Waals surface area contributed by atoms with E-state index >= 15 is 0 Å². The second kappa shape index (κ2) is 4.36. The predicted molar refractivity (Wildman–Crippen MR) is 63.1 cm³/mol. The van der Waals surface area contributed by atoms with Crippen LogP contribution in [-0.2, 0) is 9.53 Å². The fraction of sp³-hybridized carbons (Fsp3) is 0.923. The Labute approximate surface area is 97.9 Å². The molecule has 0 radical (unpaired) electrons. The molecule has 2 fully saturated rings. The lowest BCUT2D eigenvalue weighted by molar-refractivity contribution is -0.161. The van der Waals surface area contributed by atoms with E-state index in [1.54, 1.807) is 0 Å². The van der Waals surface area contributed by atoms with E-state index in [2.05, 4.69) is 5.32 Å². The van der Waals surface area contributed by atoms with Crippen molar-refractivity contribution in [3.63, 3.8) is 0 Å². The van der Waals surface area contributed by atoms with E-state index in [1.807, 2.05) is 20.8 Å². The van der Waals surface area contributed by atoms with Crippen molar-refractivity contribution in [1.82, 2.24) is 5.32 Å². The van der Waals surface area contributed by atoms with Crippen LogP contribution in [0.15, 0.2) is 0 Å². The minimum absolute atomic E-state index is 0.000324. The van der Waals surface area contributed by atoms with Crippen LogP contribution < -0.4 is 5.32 Å². The van der Waals surface area contributed by atoms with Gasteiger partial charge in [0.05, 0.1) is 5.92 Å². The Hall–Kier alpha value is -0.570. The van der Waals surface area contributed by atoms with Gasteiger partial charge in [0.2, 0.25) is 0 Å². The van der Waals surface area contributed by atoms with Gasteiger partial charge in [-0.05, 0) is 58.9 Å². The van der Waals surface area contributed by atoms with E-state index in [1.165, 1.54) is 12.8 Å². The molecule has 1 saturated heterocycles. The van der Waals surface area contributed by atoms with Crippen molar-refractivity contribution in [2.75, 3.05) is 6.54 Å². The molecule has 0 aromatic heterocycles. The lowest BCUT2D eigenvalue weighted by Crippen LogP contribution is -2.43. The Morgan fingerprint density at radius 3 is 2.50 bits per heavy atom. The van der Waals surface area contributed by atoms with Crippen LogP contribution in [-0.4, -0.2) is 24.2 Å². The average Bonchev–Trinajstić information content (AvgIpc) is 2.98. The van der Waals surface area contributed by atoms with Gasteiger partial charge < -0.3 is 10.1 Å². The van der Waals surface area contributed by atoms with E-state index in [-0.39, 0.29) is 17.5 Å². The van der Waals surface area contributed by atoms with Gasteiger partial charge in [-0.2, -0.15) is 0 Å². The normalized spacial score (nSPS) is 31.2. The summed E-state index contributed by atoms with van der Waals surface area (Å²) in [7, 11) is 0. The van der Waals surface area contributed by atoms with Crippen LogP contribution in [0, 0.1) is 11.8 Å². The quantitative estimate of drug-likeness (QED) is 0.731. The number of carbonyl (C=O) groups is 1. The highest BCUT2D eigenvalue weighted by Gasteiger charge is 2.37. The van der Waals surface area contributed by atoms with Gasteiger partial charge >= 0.3 is 5.97 Å². The molecule has 16 heavy (non-hydrogen) atoms. The second-order valence-electron chi connectivity index (χ2n) is 6.15. The first kappa shape index (κ1) is 11.9. The molecule has 3 nitrogen and oxygen atoms in total. The van der Waals surface area contributed by atoms with Crippen LogP contribution in [0.4, 0.5) is 0 Å². The Morgan fingerprint density at radius 2 is 1.94 bits per heavy atom. The lowest BCUT2D eigenvalue weighted by atomic mass is 9.90. The van der Waals surface area contributed by atoms with Gasteiger partial charge in [-0.3, -0.25) is 4.79 Å². The maximum atomic E-state index is 12.0. The van der Waals surface area contributed by atoms with Crippen LogP contribution in [0.1, 0.15) is 46.5 Å². The Kier molecular flexibility index (Phi) is 3.24. The molecular formula is C13H23NO2. The number of esters is 1. The zero-order chi connectivity index (χ0) is 11.8. The molecule has 0 amide bonds. The zero-order valence-corrected chi connectivity index (χ0v) is 10.6. The van der Waals surface area contributed by atoms with Crippen molar-refractivity contribution in [3.05, 3.63) is 0 Å². The minimum Gasteiger partial charge on any atom is -0.460 e. The molecule has 1 saturated carbocycles. The molecule has 0 spiro atoms. The molecule has 1 heterocycles. The molecule has 2 aliphatic rings. The largest absolute Gasteiger partial charge is 0.460 e. The van der Waals surface area contributed by atoms with Crippen molar-refractivity contribution in [3.8, 4) is 0 Å². The number of rotatable bonds is 2. The monoisotopic (exact) mass is 225 g/mol. The van der Waals surface area contributed by atoms with Gasteiger partial charge in [0.1, 0.15) is 5.60 Å². The summed E-state index contributed by atoms with van der Waals surface area (Å²) in [5, 5.41) is 3.52. The molecule has 3 heteroatoms. The molecule has 2 atom stereocenters. The predicted octanol–water partition coefficient (Wildman–Crippen LogP) is 2.11. The Balaban J connectivity index is 1.86. The third-order valence-electron chi connectivity index (χ3n) is 3.37. The Bertz CT molecular complexity index is 266. The van der Waals surface area contributed by atoms with Crippen molar-refractivity contribution in [2.24, 2.45) is 11.8 Å². The van der Waals surface area contributed by atoms with E-state index in [0.717, 1.165) is 25.3 Å². The van der Waals surface area contributed by atoms with Gasteiger partial charge in [0.25, 0.3) is 0 Å². The highest BCUT2D eigenvalue weighted by atomic mass is 16.6. The number of ether oxygens (including phenoxy) is 1. The van der Waals surface area contributed by atoms with Crippen LogP contribution >= 0.6 is 0 Å². The molecule has 0 aromatic carbocycles. The highest BCUT2D eigenvalue weighted by molar-refractivity contribution is 5.73. The highest BCUT2D eigenvalue weighted by Crippen LogP contribution is 2.37. The summed E-state index contributed by atoms with van der Waals surface area (Å²) >= 11 is 0. The van der Waals surface area contributed by atoms with Crippen molar-refractivity contribution < 1.29 is 9.53 Å². The van der Waals surface area contributed by atoms with Crippen molar-refractivity contribution in [1.29, 1.82) is 0 Å². The Morgan fingerprint density at radius 1 is 1.25 bits per heavy atom. The van der Waals surface area contributed by atoms with Crippen LogP contribution in [0.25, 0.3) is 0 Å². The second-order valence-corrected chi connectivity index (χ2v) is 6.15. The molecule has 2 rings (SSSR count). The van der Waals surface area contributed by atoms with Crippen molar-refractivity contribution >= 4 is 5.97 Å². The zero-order valence-electron chi connectivity index (χ0n) is 10.6. The number of hydrogen-bond donors (Lipinski definition) is 1. The first-order chi connectivity index (χ1) is 7.46. The van der Waals surface area contributed by atoms with Crippen molar-refractivity contribution in [2.45, 2.75) is 58.1 Å². The van der Waals surface area contributed by atoms with Gasteiger partial charge in [-0.15, -0.1) is 0 Å². The fourth-order valence-corrected chi connectivity index (χ4v) is 2.41. The fourth-order valence-electron chi connectivity index (χ4n) is 2.41. The van der Waals surface area contributed by atoms with Crippen LogP contribution in [0.3, 0.4) is 0 Å².